The zero-order valence-electron chi connectivity index (χ0n) is 16.1. The third-order valence-electron chi connectivity index (χ3n) is 3.71. The van der Waals surface area contributed by atoms with Crippen molar-refractivity contribution < 1.29 is 39.2 Å². The van der Waals surface area contributed by atoms with E-state index >= 15 is 0 Å². The van der Waals surface area contributed by atoms with Gasteiger partial charge in [0.05, 0.1) is 0 Å². The Kier molecular flexibility index (Phi) is 15.8. The van der Waals surface area contributed by atoms with Gasteiger partial charge >= 0.3 is 18.0 Å². The van der Waals surface area contributed by atoms with Gasteiger partial charge in [0.2, 0.25) is 0 Å². The zero-order valence-corrected chi connectivity index (χ0v) is 16.1. The Labute approximate surface area is 164 Å². The van der Waals surface area contributed by atoms with Crippen LogP contribution >= 0.6 is 0 Å². The normalized spacial score (nSPS) is 10.7. The van der Waals surface area contributed by atoms with Crippen LogP contribution in [0.15, 0.2) is 37.0 Å². The van der Waals surface area contributed by atoms with Crippen LogP contribution in [0.5, 0.6) is 0 Å². The monoisotopic (exact) mass is 399 g/mol. The fourth-order valence-corrected chi connectivity index (χ4v) is 2.32. The third-order valence-corrected chi connectivity index (χ3v) is 3.71. The maximum absolute atomic E-state index is 12.1. The highest BCUT2D eigenvalue weighted by Gasteiger charge is 2.33. The van der Waals surface area contributed by atoms with E-state index in [1.54, 1.807) is 6.08 Å². The highest BCUT2D eigenvalue weighted by Crippen LogP contribution is 2.26. The lowest BCUT2D eigenvalue weighted by molar-refractivity contribution is -0.137. The van der Waals surface area contributed by atoms with Crippen LogP contribution in [-0.2, 0) is 19.1 Å². The van der Waals surface area contributed by atoms with Gasteiger partial charge in [-0.2, -0.15) is 0 Å². The summed E-state index contributed by atoms with van der Waals surface area (Å²) in [6.07, 6.45) is 3.96. The number of hydrogen-bond donors (Lipinski definition) is 4. The summed E-state index contributed by atoms with van der Waals surface area (Å²) in [5, 5.41) is 27.4. The molecule has 0 aliphatic carbocycles. The Bertz CT molecular complexity index is 550. The van der Waals surface area contributed by atoms with Crippen LogP contribution in [0, 0.1) is 0 Å². The molecule has 0 radical (unpaired) electrons. The van der Waals surface area contributed by atoms with Crippen LogP contribution in [0.3, 0.4) is 0 Å². The topological polar surface area (TPSA) is 150 Å². The van der Waals surface area contributed by atoms with Crippen LogP contribution < -0.4 is 5.32 Å². The fraction of sp³-hybridized carbons (Fsp3) is 0.474. The number of carboxylic acids is 2. The van der Waals surface area contributed by atoms with Gasteiger partial charge in [0.15, 0.2) is 0 Å². The Morgan fingerprint density at radius 3 is 1.96 bits per heavy atom. The SMILES string of the molecule is C=C/C=C(\C=C)COC(=O)NC(CCC=O)(CCC(=O)O)CCC(=O)O.CO. The van der Waals surface area contributed by atoms with E-state index in [-0.39, 0.29) is 45.1 Å². The van der Waals surface area contributed by atoms with Crippen molar-refractivity contribution in [2.45, 2.75) is 44.1 Å². The summed E-state index contributed by atoms with van der Waals surface area (Å²) in [6.45, 7) is 7.02. The van der Waals surface area contributed by atoms with Crippen LogP contribution in [0.2, 0.25) is 0 Å². The van der Waals surface area contributed by atoms with E-state index in [0.717, 1.165) is 7.11 Å². The minimum absolute atomic E-state index is 0.0185. The lowest BCUT2D eigenvalue weighted by atomic mass is 9.84. The number of nitrogens with one attached hydrogen (secondary N) is 1. The summed E-state index contributed by atoms with van der Waals surface area (Å²) in [5.74, 6) is -2.18. The van der Waals surface area contributed by atoms with Gasteiger partial charge < -0.3 is 30.2 Å². The van der Waals surface area contributed by atoms with Gasteiger partial charge in [-0.25, -0.2) is 4.79 Å². The average molecular weight is 399 g/mol. The van der Waals surface area contributed by atoms with Crippen molar-refractivity contribution in [3.05, 3.63) is 37.0 Å². The molecular weight excluding hydrogens is 370 g/mol. The quantitative estimate of drug-likeness (QED) is 0.256. The molecule has 28 heavy (non-hydrogen) atoms. The molecule has 4 N–H and O–H groups in total. The molecule has 0 aliphatic rings. The molecule has 0 unspecified atom stereocenters. The van der Waals surface area contributed by atoms with E-state index in [1.165, 1.54) is 12.2 Å². The van der Waals surface area contributed by atoms with Gasteiger partial charge in [-0.1, -0.05) is 31.4 Å². The Hall–Kier alpha value is -2.94. The molecule has 0 aromatic rings. The molecule has 0 aromatic carbocycles. The van der Waals surface area contributed by atoms with Crippen LogP contribution in [-0.4, -0.2) is 58.9 Å². The van der Waals surface area contributed by atoms with Gasteiger partial charge in [0, 0.05) is 31.9 Å². The second kappa shape index (κ2) is 16.2. The standard InChI is InChI=1S/C18H25NO7.CH4O/c1-3-6-14(4-2)13-26-17(25)19-18(9-5-12-20,10-7-15(21)22)11-8-16(23)24;1-2/h3-4,6,12H,1-2,5,7-11,13H2,(H,19,25)(H,21,22)(H,23,24);2H,1H3/b14-6+;. The maximum Gasteiger partial charge on any atom is 0.407 e. The van der Waals surface area contributed by atoms with E-state index in [9.17, 15) is 19.2 Å². The van der Waals surface area contributed by atoms with Crippen molar-refractivity contribution in [1.29, 1.82) is 0 Å². The van der Waals surface area contributed by atoms with Crippen molar-refractivity contribution in [3.8, 4) is 0 Å². The molecule has 0 rings (SSSR count). The number of rotatable bonds is 14. The highest BCUT2D eigenvalue weighted by molar-refractivity contribution is 5.71. The van der Waals surface area contributed by atoms with E-state index in [1.807, 2.05) is 0 Å². The number of amides is 1. The van der Waals surface area contributed by atoms with E-state index in [4.69, 9.17) is 20.1 Å². The summed E-state index contributed by atoms with van der Waals surface area (Å²) in [4.78, 5) is 44.7. The van der Waals surface area contributed by atoms with Crippen molar-refractivity contribution in [2.75, 3.05) is 13.7 Å². The zero-order chi connectivity index (χ0) is 22.0. The number of ether oxygens (including phenoxy) is 1. The number of alkyl carbamates (subject to hydrolysis) is 1. The average Bonchev–Trinajstić information content (AvgIpc) is 2.67. The van der Waals surface area contributed by atoms with Gasteiger partial charge in [-0.15, -0.1) is 0 Å². The molecule has 0 saturated heterocycles. The molecule has 0 saturated carbocycles. The Morgan fingerprint density at radius 1 is 1.04 bits per heavy atom. The molecule has 0 fully saturated rings. The van der Waals surface area contributed by atoms with E-state index in [2.05, 4.69) is 18.5 Å². The number of aldehydes is 1. The van der Waals surface area contributed by atoms with Gasteiger partial charge in [-0.05, 0) is 24.8 Å². The number of aliphatic carboxylic acids is 2. The first-order valence-electron chi connectivity index (χ1n) is 8.49. The first-order valence-corrected chi connectivity index (χ1v) is 8.49. The maximum atomic E-state index is 12.1. The lowest BCUT2D eigenvalue weighted by Gasteiger charge is -2.33. The number of carbonyl (C=O) groups is 4. The summed E-state index contributed by atoms with van der Waals surface area (Å²) in [5.41, 5.74) is -0.560. The molecule has 0 heterocycles. The molecule has 158 valence electrons. The Balaban J connectivity index is 0. The number of aliphatic hydroxyl groups is 1. The molecule has 9 nitrogen and oxygen atoms in total. The number of hydrogen-bond acceptors (Lipinski definition) is 6. The number of carbonyl (C=O) groups excluding carboxylic acids is 2. The number of allylic oxidation sites excluding steroid dienone is 2. The molecule has 0 bridgehead atoms. The third kappa shape index (κ3) is 13.3. The van der Waals surface area contributed by atoms with Crippen molar-refractivity contribution in [2.24, 2.45) is 0 Å². The van der Waals surface area contributed by atoms with Gasteiger partial charge in [0.1, 0.15) is 12.9 Å². The summed E-state index contributed by atoms with van der Waals surface area (Å²) < 4.78 is 5.08. The predicted molar refractivity (Wildman–Crippen MR) is 103 cm³/mol. The summed E-state index contributed by atoms with van der Waals surface area (Å²) >= 11 is 0. The second-order valence-electron chi connectivity index (χ2n) is 5.66. The van der Waals surface area contributed by atoms with Crippen LogP contribution in [0.4, 0.5) is 4.79 Å². The fourth-order valence-electron chi connectivity index (χ4n) is 2.32. The van der Waals surface area contributed by atoms with Gasteiger partial charge in [-0.3, -0.25) is 9.59 Å². The highest BCUT2D eigenvalue weighted by atomic mass is 16.5. The van der Waals surface area contributed by atoms with Crippen LogP contribution in [0.1, 0.15) is 38.5 Å². The summed E-state index contributed by atoms with van der Waals surface area (Å²) in [6, 6.07) is 0. The largest absolute Gasteiger partial charge is 0.481 e. The number of carboxylic acid groups (broad SMARTS) is 2. The van der Waals surface area contributed by atoms with E-state index in [0.29, 0.717) is 11.9 Å². The molecule has 0 aliphatic heterocycles. The van der Waals surface area contributed by atoms with Crippen molar-refractivity contribution >= 4 is 24.3 Å². The first-order chi connectivity index (χ1) is 13.3. The number of aliphatic hydroxyl groups excluding tert-OH is 1. The molecular formula is C19H29NO8. The molecule has 9 heteroatoms. The Morgan fingerprint density at radius 2 is 1.57 bits per heavy atom. The van der Waals surface area contributed by atoms with E-state index < -0.39 is 23.6 Å². The van der Waals surface area contributed by atoms with Gasteiger partial charge in [0.25, 0.3) is 0 Å². The predicted octanol–water partition coefficient (Wildman–Crippen LogP) is 2.07. The summed E-state index contributed by atoms with van der Waals surface area (Å²) in [7, 11) is 1.00. The molecule has 0 atom stereocenters. The molecule has 1 amide bonds. The smallest absolute Gasteiger partial charge is 0.407 e. The molecule has 0 aromatic heterocycles. The molecule has 0 spiro atoms. The lowest BCUT2D eigenvalue weighted by Crippen LogP contribution is -2.49. The van der Waals surface area contributed by atoms with Crippen LogP contribution in [0.25, 0.3) is 0 Å². The minimum Gasteiger partial charge on any atom is -0.481 e. The van der Waals surface area contributed by atoms with Crippen molar-refractivity contribution in [1.82, 2.24) is 5.32 Å². The first kappa shape index (κ1) is 27.3. The second-order valence-corrected chi connectivity index (χ2v) is 5.66. The van der Waals surface area contributed by atoms with Crippen molar-refractivity contribution in [3.63, 3.8) is 0 Å². The minimum atomic E-state index is -1.16.